The predicted molar refractivity (Wildman–Crippen MR) is 122 cm³/mol. The molecule has 0 aliphatic rings. The fraction of sp³-hybridized carbons (Fsp3) is 0.348. The minimum absolute atomic E-state index is 0.0611. The lowest BCUT2D eigenvalue weighted by molar-refractivity contribution is 0.464. The molecule has 0 fully saturated rings. The van der Waals surface area contributed by atoms with Gasteiger partial charge in [0.2, 0.25) is 0 Å². The highest BCUT2D eigenvalue weighted by molar-refractivity contribution is 5.88. The Balaban J connectivity index is 0.00000124. The number of anilines is 1. The third-order valence-electron chi connectivity index (χ3n) is 4.82. The van der Waals surface area contributed by atoms with Gasteiger partial charge in [-0.25, -0.2) is 14.6 Å². The first-order valence-electron chi connectivity index (χ1n) is 10.2. The van der Waals surface area contributed by atoms with Crippen LogP contribution in [-0.4, -0.2) is 49.7 Å². The highest BCUT2D eigenvalue weighted by Gasteiger charge is 2.21. The van der Waals surface area contributed by atoms with E-state index in [0.29, 0.717) is 12.4 Å². The van der Waals surface area contributed by atoms with Crippen LogP contribution in [0.1, 0.15) is 43.8 Å². The van der Waals surface area contributed by atoms with Crippen molar-refractivity contribution in [1.82, 2.24) is 29.0 Å². The van der Waals surface area contributed by atoms with Gasteiger partial charge in [-0.05, 0) is 52.1 Å². The van der Waals surface area contributed by atoms with Gasteiger partial charge >= 0.3 is 0 Å². The van der Waals surface area contributed by atoms with Crippen LogP contribution in [0.3, 0.4) is 0 Å². The van der Waals surface area contributed by atoms with E-state index in [-0.39, 0.29) is 6.04 Å². The summed E-state index contributed by atoms with van der Waals surface area (Å²) in [6, 6.07) is 8.23. The van der Waals surface area contributed by atoms with Gasteiger partial charge in [-0.1, -0.05) is 25.8 Å². The van der Waals surface area contributed by atoms with Crippen molar-refractivity contribution < 1.29 is 0 Å². The van der Waals surface area contributed by atoms with Crippen molar-refractivity contribution >= 4 is 22.4 Å². The molecule has 7 nitrogen and oxygen atoms in total. The van der Waals surface area contributed by atoms with Crippen LogP contribution in [-0.2, 0) is 0 Å². The van der Waals surface area contributed by atoms with Gasteiger partial charge in [0.25, 0.3) is 0 Å². The van der Waals surface area contributed by atoms with Gasteiger partial charge in [0.15, 0.2) is 5.65 Å². The minimum atomic E-state index is -0.0611. The predicted octanol–water partition coefficient (Wildman–Crippen LogP) is 3.52. The zero-order valence-electron chi connectivity index (χ0n) is 18.5. The number of aromatic nitrogens is 5. The summed E-state index contributed by atoms with van der Waals surface area (Å²) in [5.41, 5.74) is 10.8. The summed E-state index contributed by atoms with van der Waals surface area (Å²) in [5.74, 6) is 7.07. The molecule has 0 saturated carbocycles. The van der Waals surface area contributed by atoms with Gasteiger partial charge in [-0.2, -0.15) is 5.10 Å². The molecule has 1 unspecified atom stereocenters. The highest BCUT2D eigenvalue weighted by atomic mass is 15.3. The molecule has 0 aliphatic heterocycles. The van der Waals surface area contributed by atoms with Crippen LogP contribution in [0.2, 0.25) is 0 Å². The van der Waals surface area contributed by atoms with Crippen LogP contribution in [0.5, 0.6) is 0 Å². The Labute approximate surface area is 177 Å². The number of fused-ring (bicyclic) bond motifs is 2. The summed E-state index contributed by atoms with van der Waals surface area (Å²) in [7, 11) is 4.02. The molecule has 156 valence electrons. The number of pyridine rings is 1. The van der Waals surface area contributed by atoms with Crippen molar-refractivity contribution in [3.8, 4) is 11.8 Å². The lowest BCUT2D eigenvalue weighted by Crippen LogP contribution is -2.12. The molecule has 1 atom stereocenters. The largest absolute Gasteiger partial charge is 0.383 e. The monoisotopic (exact) mass is 403 g/mol. The second-order valence-corrected chi connectivity index (χ2v) is 7.15. The van der Waals surface area contributed by atoms with Crippen molar-refractivity contribution in [2.75, 3.05) is 26.4 Å². The zero-order valence-corrected chi connectivity index (χ0v) is 18.5. The first-order valence-corrected chi connectivity index (χ1v) is 10.2. The van der Waals surface area contributed by atoms with Gasteiger partial charge in [-0.15, -0.1) is 0 Å². The molecule has 0 radical (unpaired) electrons. The third kappa shape index (κ3) is 3.87. The number of nitrogen functional groups attached to an aromatic ring is 1. The maximum Gasteiger partial charge on any atom is 0.164 e. The highest BCUT2D eigenvalue weighted by Crippen LogP contribution is 2.29. The molecule has 0 aromatic carbocycles. The maximum atomic E-state index is 6.06. The Morgan fingerprint density at radius 2 is 1.97 bits per heavy atom. The van der Waals surface area contributed by atoms with Crippen LogP contribution in [0.15, 0.2) is 36.8 Å². The van der Waals surface area contributed by atoms with Crippen LogP contribution in [0.4, 0.5) is 5.82 Å². The summed E-state index contributed by atoms with van der Waals surface area (Å²) < 4.78 is 4.03. The smallest absolute Gasteiger partial charge is 0.164 e. The molecule has 7 heteroatoms. The van der Waals surface area contributed by atoms with Crippen LogP contribution >= 0.6 is 0 Å². The Morgan fingerprint density at radius 3 is 2.70 bits per heavy atom. The average molecular weight is 404 g/mol. The molecule has 0 bridgehead atoms. The quantitative estimate of drug-likeness (QED) is 0.530. The molecular formula is C23H29N7. The van der Waals surface area contributed by atoms with Gasteiger partial charge in [0.05, 0.1) is 23.7 Å². The Kier molecular flexibility index (Phi) is 6.38. The lowest BCUT2D eigenvalue weighted by Gasteiger charge is -2.13. The number of hydrogen-bond acceptors (Lipinski definition) is 5. The molecule has 0 aliphatic carbocycles. The molecule has 4 aromatic heterocycles. The second-order valence-electron chi connectivity index (χ2n) is 7.15. The van der Waals surface area contributed by atoms with Crippen molar-refractivity contribution in [1.29, 1.82) is 0 Å². The maximum absolute atomic E-state index is 6.06. The van der Waals surface area contributed by atoms with E-state index >= 15 is 0 Å². The van der Waals surface area contributed by atoms with Crippen molar-refractivity contribution in [2.24, 2.45) is 0 Å². The van der Waals surface area contributed by atoms with Gasteiger partial charge in [0.1, 0.15) is 17.8 Å². The van der Waals surface area contributed by atoms with E-state index in [1.807, 2.05) is 57.9 Å². The van der Waals surface area contributed by atoms with Crippen molar-refractivity contribution in [3.63, 3.8) is 0 Å². The van der Waals surface area contributed by atoms with Crippen LogP contribution in [0.25, 0.3) is 16.6 Å². The topological polar surface area (TPSA) is 77.3 Å². The fourth-order valence-electron chi connectivity index (χ4n) is 3.45. The molecule has 0 spiro atoms. The van der Waals surface area contributed by atoms with E-state index in [1.165, 1.54) is 6.33 Å². The van der Waals surface area contributed by atoms with E-state index in [1.54, 1.807) is 0 Å². The number of nitrogens with zero attached hydrogens (tertiary/aromatic N) is 6. The molecular weight excluding hydrogens is 374 g/mol. The summed E-state index contributed by atoms with van der Waals surface area (Å²) in [6.45, 7) is 8.73. The summed E-state index contributed by atoms with van der Waals surface area (Å²) in [6.07, 6.45) is 3.52. The van der Waals surface area contributed by atoms with Gasteiger partial charge in [0, 0.05) is 17.3 Å². The van der Waals surface area contributed by atoms with E-state index < -0.39 is 0 Å². The van der Waals surface area contributed by atoms with E-state index in [0.717, 1.165) is 33.5 Å². The molecule has 4 heterocycles. The first-order chi connectivity index (χ1) is 14.5. The fourth-order valence-corrected chi connectivity index (χ4v) is 3.45. The van der Waals surface area contributed by atoms with E-state index in [2.05, 4.69) is 50.2 Å². The summed E-state index contributed by atoms with van der Waals surface area (Å²) in [4.78, 5) is 10.6. The van der Waals surface area contributed by atoms with E-state index in [4.69, 9.17) is 10.8 Å². The van der Waals surface area contributed by atoms with Gasteiger partial charge < -0.3 is 10.1 Å². The molecule has 0 amide bonds. The summed E-state index contributed by atoms with van der Waals surface area (Å²) >= 11 is 0. The third-order valence-corrected chi connectivity index (χ3v) is 4.82. The Bertz CT molecular complexity index is 1220. The number of nitrogens with two attached hydrogens (primary N) is 1. The van der Waals surface area contributed by atoms with E-state index in [9.17, 15) is 0 Å². The average Bonchev–Trinajstić information content (AvgIpc) is 3.28. The van der Waals surface area contributed by atoms with Crippen LogP contribution < -0.4 is 5.73 Å². The Morgan fingerprint density at radius 1 is 1.20 bits per heavy atom. The normalized spacial score (nSPS) is 11.8. The molecule has 30 heavy (non-hydrogen) atoms. The first kappa shape index (κ1) is 21.3. The molecule has 2 N–H and O–H groups in total. The molecule has 4 rings (SSSR count). The van der Waals surface area contributed by atoms with Crippen LogP contribution in [0, 0.1) is 18.8 Å². The minimum Gasteiger partial charge on any atom is -0.383 e. The number of hydrogen-bond donors (Lipinski definition) is 1. The standard InChI is InChI=1S/C21H23N7.C2H6/c1-14-19-20(22)23-13-24-21(19)28(25-14)15(2)17-12-16-8-5-6-11-27(16)18(17)9-7-10-26(3)4;1-2/h5-6,8,11-13,15H,10H2,1-4H3,(H2,22,23,24);1-2H3. The van der Waals surface area contributed by atoms with Gasteiger partial charge in [-0.3, -0.25) is 4.90 Å². The molecule has 0 saturated heterocycles. The van der Waals surface area contributed by atoms with Crippen molar-refractivity contribution in [3.05, 3.63) is 53.7 Å². The molecule has 4 aromatic rings. The van der Waals surface area contributed by atoms with Crippen molar-refractivity contribution in [2.45, 2.75) is 33.7 Å². The lowest BCUT2D eigenvalue weighted by atomic mass is 10.1. The second kappa shape index (κ2) is 8.97. The zero-order chi connectivity index (χ0) is 21.8. The number of rotatable bonds is 3. The Hall–Kier alpha value is -3.37. The number of aryl methyl sites for hydroxylation is 1. The SMILES string of the molecule is CC.Cc1nn(C(C)c2cc3ccccn3c2C#CCN(C)C)c2ncnc(N)c12. The summed E-state index contributed by atoms with van der Waals surface area (Å²) in [5, 5.41) is 5.52.